The number of benzene rings is 1. The summed E-state index contributed by atoms with van der Waals surface area (Å²) in [5, 5.41) is 8.75. The molecule has 0 unspecified atom stereocenters. The zero-order valence-corrected chi connectivity index (χ0v) is 14.5. The molecule has 1 amide bonds. The first kappa shape index (κ1) is 18.4. The largest absolute Gasteiger partial charge is 0.444 e. The van der Waals surface area contributed by atoms with Crippen LogP contribution < -0.4 is 16.0 Å². The highest BCUT2D eigenvalue weighted by Crippen LogP contribution is 2.08. The Morgan fingerprint density at radius 3 is 2.56 bits per heavy atom. The third-order valence-corrected chi connectivity index (χ3v) is 3.33. The lowest BCUT2D eigenvalue weighted by Gasteiger charge is -2.10. The van der Waals surface area contributed by atoms with E-state index in [1.54, 1.807) is 0 Å². The minimum Gasteiger partial charge on any atom is -0.444 e. The number of guanidine groups is 1. The van der Waals surface area contributed by atoms with Crippen LogP contribution in [-0.2, 0) is 11.3 Å². The molecule has 8 heteroatoms. The second-order valence-electron chi connectivity index (χ2n) is 5.35. The maximum Gasteiger partial charge on any atom is 0.246 e. The van der Waals surface area contributed by atoms with E-state index >= 15 is 0 Å². The molecular formula is C17H22FN5O2. The van der Waals surface area contributed by atoms with Gasteiger partial charge in [0.15, 0.2) is 5.96 Å². The van der Waals surface area contributed by atoms with E-state index in [2.05, 4.69) is 25.9 Å². The number of nitrogens with zero attached hydrogens (tertiary/aromatic N) is 2. The zero-order chi connectivity index (χ0) is 18.2. The van der Waals surface area contributed by atoms with E-state index in [1.165, 1.54) is 24.3 Å². The summed E-state index contributed by atoms with van der Waals surface area (Å²) < 4.78 is 18.3. The number of aromatic nitrogens is 1. The van der Waals surface area contributed by atoms with Crippen molar-refractivity contribution in [3.63, 3.8) is 0 Å². The fraction of sp³-hybridized carbons (Fsp3) is 0.353. The molecular weight excluding hydrogens is 325 g/mol. The number of anilines is 1. The Morgan fingerprint density at radius 1 is 1.24 bits per heavy atom. The van der Waals surface area contributed by atoms with E-state index in [-0.39, 0.29) is 18.3 Å². The second kappa shape index (κ2) is 8.81. The normalized spacial score (nSPS) is 11.3. The third kappa shape index (κ3) is 5.91. The van der Waals surface area contributed by atoms with E-state index < -0.39 is 0 Å². The molecule has 0 saturated carbocycles. The van der Waals surface area contributed by atoms with E-state index in [4.69, 9.17) is 4.42 Å². The number of carbonyl (C=O) groups excluding carboxylic acids is 1. The van der Waals surface area contributed by atoms with Gasteiger partial charge in [-0.05, 0) is 45.0 Å². The minimum absolute atomic E-state index is 0.0731. The molecule has 1 heterocycles. The Morgan fingerprint density at radius 2 is 1.96 bits per heavy atom. The standard InChI is InChI=1S/C17H22FN5O2/c1-4-19-17(21-10-16-22-11(2)12(3)25-16)20-9-15(24)23-14-7-5-13(18)6-8-14/h5-8H,4,9-10H2,1-3H3,(H,23,24)(H2,19,20,21). The second-order valence-corrected chi connectivity index (χ2v) is 5.35. The van der Waals surface area contributed by atoms with Gasteiger partial charge in [-0.25, -0.2) is 14.4 Å². The van der Waals surface area contributed by atoms with Crippen molar-refractivity contribution in [1.82, 2.24) is 15.6 Å². The highest BCUT2D eigenvalue weighted by atomic mass is 19.1. The molecule has 25 heavy (non-hydrogen) atoms. The predicted octanol–water partition coefficient (Wildman–Crippen LogP) is 2.12. The van der Waals surface area contributed by atoms with Gasteiger partial charge in [-0.1, -0.05) is 0 Å². The number of halogens is 1. The van der Waals surface area contributed by atoms with Gasteiger partial charge in [-0.15, -0.1) is 0 Å². The number of oxazole rings is 1. The highest BCUT2D eigenvalue weighted by molar-refractivity contribution is 5.94. The van der Waals surface area contributed by atoms with Crippen LogP contribution in [0.15, 0.2) is 33.7 Å². The highest BCUT2D eigenvalue weighted by Gasteiger charge is 2.07. The van der Waals surface area contributed by atoms with Crippen molar-refractivity contribution < 1.29 is 13.6 Å². The van der Waals surface area contributed by atoms with Crippen LogP contribution in [0.1, 0.15) is 24.3 Å². The van der Waals surface area contributed by atoms with Crippen molar-refractivity contribution >= 4 is 17.6 Å². The number of rotatable bonds is 6. The molecule has 0 aliphatic carbocycles. The average Bonchev–Trinajstić information content (AvgIpc) is 2.90. The van der Waals surface area contributed by atoms with Crippen LogP contribution in [0.5, 0.6) is 0 Å². The molecule has 0 atom stereocenters. The van der Waals surface area contributed by atoms with Crippen LogP contribution in [0.2, 0.25) is 0 Å². The topological polar surface area (TPSA) is 91.5 Å². The molecule has 0 spiro atoms. The first-order valence-electron chi connectivity index (χ1n) is 7.98. The minimum atomic E-state index is -0.355. The Hall–Kier alpha value is -2.90. The van der Waals surface area contributed by atoms with Gasteiger partial charge < -0.3 is 20.4 Å². The van der Waals surface area contributed by atoms with Crippen molar-refractivity contribution in [3.05, 3.63) is 47.4 Å². The van der Waals surface area contributed by atoms with Gasteiger partial charge in [-0.3, -0.25) is 4.79 Å². The van der Waals surface area contributed by atoms with Gasteiger partial charge in [-0.2, -0.15) is 0 Å². The maximum atomic E-state index is 12.9. The molecule has 1 aromatic carbocycles. The molecule has 0 fully saturated rings. The molecule has 0 bridgehead atoms. The lowest BCUT2D eigenvalue weighted by Crippen LogP contribution is -2.37. The average molecular weight is 347 g/mol. The number of carbonyl (C=O) groups is 1. The smallest absolute Gasteiger partial charge is 0.246 e. The Kier molecular flexibility index (Phi) is 6.50. The lowest BCUT2D eigenvalue weighted by atomic mass is 10.3. The van der Waals surface area contributed by atoms with E-state index in [9.17, 15) is 9.18 Å². The van der Waals surface area contributed by atoms with Crippen LogP contribution in [0, 0.1) is 19.7 Å². The molecule has 0 saturated heterocycles. The third-order valence-electron chi connectivity index (χ3n) is 3.33. The number of hydrogen-bond acceptors (Lipinski definition) is 4. The molecule has 0 aliphatic heterocycles. The van der Waals surface area contributed by atoms with Crippen LogP contribution >= 0.6 is 0 Å². The lowest BCUT2D eigenvalue weighted by molar-refractivity contribution is -0.114. The molecule has 0 radical (unpaired) electrons. The molecule has 1 aromatic heterocycles. The van der Waals surface area contributed by atoms with Crippen LogP contribution in [0.4, 0.5) is 10.1 Å². The molecule has 3 N–H and O–H groups in total. The summed E-state index contributed by atoms with van der Waals surface area (Å²) in [6.45, 7) is 6.59. The van der Waals surface area contributed by atoms with E-state index in [1.807, 2.05) is 20.8 Å². The quantitative estimate of drug-likeness (QED) is 0.550. The molecule has 7 nitrogen and oxygen atoms in total. The van der Waals surface area contributed by atoms with Crippen LogP contribution in [0.3, 0.4) is 0 Å². The number of nitrogens with one attached hydrogen (secondary N) is 3. The summed E-state index contributed by atoms with van der Waals surface area (Å²) >= 11 is 0. The first-order valence-corrected chi connectivity index (χ1v) is 7.98. The first-order chi connectivity index (χ1) is 12.0. The Labute approximate surface area is 145 Å². The van der Waals surface area contributed by atoms with Crippen molar-refractivity contribution in [3.8, 4) is 0 Å². The van der Waals surface area contributed by atoms with Gasteiger partial charge in [0.05, 0.1) is 12.2 Å². The Balaban J connectivity index is 1.89. The molecule has 2 aromatic rings. The van der Waals surface area contributed by atoms with Gasteiger partial charge in [0.25, 0.3) is 0 Å². The number of aryl methyl sites for hydroxylation is 2. The van der Waals surface area contributed by atoms with E-state index in [0.29, 0.717) is 30.6 Å². The molecule has 2 rings (SSSR count). The van der Waals surface area contributed by atoms with Gasteiger partial charge in [0.2, 0.25) is 11.8 Å². The molecule has 134 valence electrons. The summed E-state index contributed by atoms with van der Waals surface area (Å²) in [7, 11) is 0. The number of hydrogen-bond donors (Lipinski definition) is 3. The summed E-state index contributed by atoms with van der Waals surface area (Å²) in [4.78, 5) is 20.4. The van der Waals surface area contributed by atoms with Gasteiger partial charge >= 0.3 is 0 Å². The van der Waals surface area contributed by atoms with E-state index in [0.717, 1.165) is 11.5 Å². The maximum absolute atomic E-state index is 12.9. The SMILES string of the molecule is CCNC(=NCC(=O)Nc1ccc(F)cc1)NCc1nc(C)c(C)o1. The Bertz CT molecular complexity index is 720. The summed E-state index contributed by atoms with van der Waals surface area (Å²) in [5.41, 5.74) is 1.36. The monoisotopic (exact) mass is 347 g/mol. The van der Waals surface area contributed by atoms with Crippen molar-refractivity contribution in [2.75, 3.05) is 18.4 Å². The fourth-order valence-corrected chi connectivity index (χ4v) is 2.00. The van der Waals surface area contributed by atoms with Crippen LogP contribution in [0.25, 0.3) is 0 Å². The van der Waals surface area contributed by atoms with Crippen molar-refractivity contribution in [2.45, 2.75) is 27.3 Å². The summed E-state index contributed by atoms with van der Waals surface area (Å²) in [5.74, 6) is 1.15. The van der Waals surface area contributed by atoms with Crippen molar-refractivity contribution in [2.24, 2.45) is 4.99 Å². The predicted molar refractivity (Wildman–Crippen MR) is 93.8 cm³/mol. The zero-order valence-electron chi connectivity index (χ0n) is 14.5. The van der Waals surface area contributed by atoms with Gasteiger partial charge in [0.1, 0.15) is 18.1 Å². The van der Waals surface area contributed by atoms with Gasteiger partial charge in [0, 0.05) is 12.2 Å². The van der Waals surface area contributed by atoms with Crippen LogP contribution in [-0.4, -0.2) is 29.9 Å². The summed E-state index contributed by atoms with van der Waals surface area (Å²) in [6.07, 6.45) is 0. The molecule has 0 aliphatic rings. The fourth-order valence-electron chi connectivity index (χ4n) is 2.00. The number of amides is 1. The van der Waals surface area contributed by atoms with Crippen molar-refractivity contribution in [1.29, 1.82) is 0 Å². The summed E-state index contributed by atoms with van der Waals surface area (Å²) in [6, 6.07) is 5.55. The number of aliphatic imine (C=N–C) groups is 1.